The van der Waals surface area contributed by atoms with E-state index in [4.69, 9.17) is 4.74 Å². The number of morpholine rings is 1. The lowest BCUT2D eigenvalue weighted by molar-refractivity contribution is -0.0161. The molecule has 2 aliphatic rings. The fourth-order valence-corrected chi connectivity index (χ4v) is 4.10. The third-order valence-corrected chi connectivity index (χ3v) is 5.50. The van der Waals surface area contributed by atoms with Crippen LogP contribution in [0.4, 0.5) is 0 Å². The van der Waals surface area contributed by atoms with E-state index < -0.39 is 10.0 Å². The van der Waals surface area contributed by atoms with Crippen LogP contribution in [0.1, 0.15) is 12.8 Å². The average molecular weight is 305 g/mol. The van der Waals surface area contributed by atoms with Crippen LogP contribution in [-0.4, -0.2) is 82.9 Å². The quantitative estimate of drug-likeness (QED) is 0.747. The predicted molar refractivity (Wildman–Crippen MR) is 79.2 cm³/mol. The maximum absolute atomic E-state index is 11.7. The molecule has 0 amide bonds. The lowest BCUT2D eigenvalue weighted by Crippen LogP contribution is -2.53. The van der Waals surface area contributed by atoms with Gasteiger partial charge < -0.3 is 10.1 Å². The Morgan fingerprint density at radius 3 is 2.85 bits per heavy atom. The molecule has 20 heavy (non-hydrogen) atoms. The molecule has 2 fully saturated rings. The Hall–Kier alpha value is -0.210. The van der Waals surface area contributed by atoms with Gasteiger partial charge in [0, 0.05) is 38.8 Å². The second kappa shape index (κ2) is 7.17. The van der Waals surface area contributed by atoms with E-state index in [-0.39, 0.29) is 0 Å². The van der Waals surface area contributed by atoms with E-state index in [9.17, 15) is 8.42 Å². The molecule has 2 unspecified atom stereocenters. The Morgan fingerprint density at radius 2 is 2.15 bits per heavy atom. The number of ether oxygens (including phenoxy) is 1. The summed E-state index contributed by atoms with van der Waals surface area (Å²) in [7, 11) is -1.09. The van der Waals surface area contributed by atoms with Crippen molar-refractivity contribution in [3.63, 3.8) is 0 Å². The lowest BCUT2D eigenvalue weighted by Gasteiger charge is -2.40. The molecular formula is C13H27N3O3S. The van der Waals surface area contributed by atoms with Crippen molar-refractivity contribution in [2.45, 2.75) is 18.9 Å². The maximum Gasteiger partial charge on any atom is 0.211 e. The van der Waals surface area contributed by atoms with E-state index in [2.05, 4.69) is 10.2 Å². The summed E-state index contributed by atoms with van der Waals surface area (Å²) in [4.78, 5) is 2.45. The summed E-state index contributed by atoms with van der Waals surface area (Å²) in [5, 5.41) is 3.21. The lowest BCUT2D eigenvalue weighted by atomic mass is 9.98. The minimum atomic E-state index is -3.05. The molecular weight excluding hydrogens is 278 g/mol. The van der Waals surface area contributed by atoms with Crippen LogP contribution in [0.25, 0.3) is 0 Å². The number of nitrogens with one attached hydrogen (secondary N) is 1. The van der Waals surface area contributed by atoms with Gasteiger partial charge in [0.15, 0.2) is 0 Å². The van der Waals surface area contributed by atoms with E-state index in [1.54, 1.807) is 4.31 Å². The second-order valence-electron chi connectivity index (χ2n) is 5.91. The van der Waals surface area contributed by atoms with Crippen LogP contribution in [0.3, 0.4) is 0 Å². The van der Waals surface area contributed by atoms with Gasteiger partial charge in [-0.25, -0.2) is 12.7 Å². The second-order valence-corrected chi connectivity index (χ2v) is 7.89. The minimum Gasteiger partial charge on any atom is -0.378 e. The van der Waals surface area contributed by atoms with E-state index in [0.29, 0.717) is 25.0 Å². The van der Waals surface area contributed by atoms with Crippen molar-refractivity contribution < 1.29 is 13.2 Å². The Balaban J connectivity index is 1.91. The SMILES string of the molecule is CNCC1COCCN1CC1CCCN(S(C)(=O)=O)C1. The largest absolute Gasteiger partial charge is 0.378 e. The highest BCUT2D eigenvalue weighted by Crippen LogP contribution is 2.21. The number of piperidine rings is 1. The van der Waals surface area contributed by atoms with Crippen molar-refractivity contribution in [1.29, 1.82) is 0 Å². The summed E-state index contributed by atoms with van der Waals surface area (Å²) < 4.78 is 30.5. The van der Waals surface area contributed by atoms with Crippen molar-refractivity contribution in [2.24, 2.45) is 5.92 Å². The van der Waals surface area contributed by atoms with Crippen LogP contribution in [-0.2, 0) is 14.8 Å². The number of nitrogens with zero attached hydrogens (tertiary/aromatic N) is 2. The number of hydrogen-bond acceptors (Lipinski definition) is 5. The number of likely N-dealkylation sites (N-methyl/N-ethyl adjacent to an activating group) is 1. The molecule has 2 saturated heterocycles. The number of hydrogen-bond donors (Lipinski definition) is 1. The molecule has 2 aliphatic heterocycles. The van der Waals surface area contributed by atoms with Crippen LogP contribution in [0.2, 0.25) is 0 Å². The molecule has 2 atom stereocenters. The van der Waals surface area contributed by atoms with Crippen molar-refractivity contribution in [3.05, 3.63) is 0 Å². The van der Waals surface area contributed by atoms with Gasteiger partial charge in [-0.3, -0.25) is 4.90 Å². The van der Waals surface area contributed by atoms with Gasteiger partial charge in [0.25, 0.3) is 0 Å². The zero-order chi connectivity index (χ0) is 14.6. The molecule has 1 N–H and O–H groups in total. The van der Waals surface area contributed by atoms with Crippen LogP contribution in [0, 0.1) is 5.92 Å². The third kappa shape index (κ3) is 4.39. The van der Waals surface area contributed by atoms with Crippen LogP contribution >= 0.6 is 0 Å². The molecule has 0 aromatic rings. The van der Waals surface area contributed by atoms with Crippen LogP contribution in [0.5, 0.6) is 0 Å². The van der Waals surface area contributed by atoms with E-state index in [0.717, 1.165) is 45.7 Å². The smallest absolute Gasteiger partial charge is 0.211 e. The highest BCUT2D eigenvalue weighted by Gasteiger charge is 2.30. The Bertz CT molecular complexity index is 400. The summed E-state index contributed by atoms with van der Waals surface area (Å²) in [5.41, 5.74) is 0. The van der Waals surface area contributed by atoms with E-state index in [1.165, 1.54) is 6.26 Å². The first-order chi connectivity index (χ1) is 9.50. The molecule has 0 bridgehead atoms. The Kier molecular flexibility index (Phi) is 5.80. The highest BCUT2D eigenvalue weighted by molar-refractivity contribution is 7.88. The van der Waals surface area contributed by atoms with Crippen LogP contribution < -0.4 is 5.32 Å². The number of rotatable bonds is 5. The first-order valence-electron chi connectivity index (χ1n) is 7.42. The predicted octanol–water partition coefficient (Wildman–Crippen LogP) is -0.422. The fourth-order valence-electron chi connectivity index (χ4n) is 3.16. The van der Waals surface area contributed by atoms with Crippen molar-refractivity contribution in [1.82, 2.24) is 14.5 Å². The van der Waals surface area contributed by atoms with Crippen molar-refractivity contribution in [2.75, 3.05) is 59.2 Å². The van der Waals surface area contributed by atoms with E-state index >= 15 is 0 Å². The standard InChI is InChI=1S/C13H27N3O3S/c1-14-8-13-11-19-7-6-15(13)9-12-4-3-5-16(10-12)20(2,17)18/h12-14H,3-11H2,1-2H3. The van der Waals surface area contributed by atoms with Crippen molar-refractivity contribution >= 4 is 10.0 Å². The summed E-state index contributed by atoms with van der Waals surface area (Å²) in [6.45, 7) is 5.74. The van der Waals surface area contributed by atoms with Gasteiger partial charge in [0.1, 0.15) is 0 Å². The zero-order valence-electron chi connectivity index (χ0n) is 12.5. The topological polar surface area (TPSA) is 61.9 Å². The molecule has 0 saturated carbocycles. The fraction of sp³-hybridized carbons (Fsp3) is 1.00. The molecule has 0 spiro atoms. The minimum absolute atomic E-state index is 0.405. The summed E-state index contributed by atoms with van der Waals surface area (Å²) >= 11 is 0. The van der Waals surface area contributed by atoms with Gasteiger partial charge >= 0.3 is 0 Å². The average Bonchev–Trinajstić information content (AvgIpc) is 2.41. The van der Waals surface area contributed by atoms with Gasteiger partial charge in [-0.05, 0) is 25.8 Å². The van der Waals surface area contributed by atoms with Gasteiger partial charge in [0.2, 0.25) is 10.0 Å². The molecule has 2 rings (SSSR count). The molecule has 0 radical (unpaired) electrons. The normalized spacial score (nSPS) is 30.5. The monoisotopic (exact) mass is 305 g/mol. The molecule has 7 heteroatoms. The molecule has 118 valence electrons. The van der Waals surface area contributed by atoms with Crippen molar-refractivity contribution in [3.8, 4) is 0 Å². The molecule has 6 nitrogen and oxygen atoms in total. The molecule has 0 aromatic heterocycles. The van der Waals surface area contributed by atoms with Crippen LogP contribution in [0.15, 0.2) is 0 Å². The molecule has 2 heterocycles. The highest BCUT2D eigenvalue weighted by atomic mass is 32.2. The van der Waals surface area contributed by atoms with E-state index in [1.807, 2.05) is 7.05 Å². The first kappa shape index (κ1) is 16.2. The van der Waals surface area contributed by atoms with Gasteiger partial charge in [-0.2, -0.15) is 0 Å². The first-order valence-corrected chi connectivity index (χ1v) is 9.27. The molecule has 0 aliphatic carbocycles. The number of sulfonamides is 1. The summed E-state index contributed by atoms with van der Waals surface area (Å²) in [5.74, 6) is 0.441. The Morgan fingerprint density at radius 1 is 1.35 bits per heavy atom. The third-order valence-electron chi connectivity index (χ3n) is 4.23. The molecule has 0 aromatic carbocycles. The zero-order valence-corrected chi connectivity index (χ0v) is 13.4. The van der Waals surface area contributed by atoms with Gasteiger partial charge in [-0.1, -0.05) is 0 Å². The summed E-state index contributed by atoms with van der Waals surface area (Å²) in [6, 6.07) is 0.405. The summed E-state index contributed by atoms with van der Waals surface area (Å²) in [6.07, 6.45) is 3.41. The van der Waals surface area contributed by atoms with Gasteiger partial charge in [0.05, 0.1) is 19.5 Å². The van der Waals surface area contributed by atoms with Gasteiger partial charge in [-0.15, -0.1) is 0 Å². The maximum atomic E-state index is 11.7. The Labute approximate surface area is 122 Å².